The van der Waals surface area contributed by atoms with Gasteiger partial charge in [-0.2, -0.15) is 0 Å². The van der Waals surface area contributed by atoms with Crippen molar-refractivity contribution in [1.82, 2.24) is 9.97 Å². The van der Waals surface area contributed by atoms with E-state index >= 15 is 0 Å². The highest BCUT2D eigenvalue weighted by molar-refractivity contribution is 9.10. The van der Waals surface area contributed by atoms with Crippen molar-refractivity contribution >= 4 is 38.6 Å². The Morgan fingerprint density at radius 2 is 1.90 bits per heavy atom. The van der Waals surface area contributed by atoms with E-state index in [9.17, 15) is 9.90 Å². The van der Waals surface area contributed by atoms with Gasteiger partial charge < -0.3 is 15.1 Å². The summed E-state index contributed by atoms with van der Waals surface area (Å²) in [5.41, 5.74) is 2.77. The van der Waals surface area contributed by atoms with Crippen LogP contribution in [0.15, 0.2) is 45.7 Å². The SMILES string of the molecule is O=c1[nH]c2cc(Br)c(C(O)Cc3cccc(Cl)c3)cc2[nH]1. The lowest BCUT2D eigenvalue weighted by molar-refractivity contribution is 0.178. The lowest BCUT2D eigenvalue weighted by Gasteiger charge is -2.13. The van der Waals surface area contributed by atoms with E-state index in [1.807, 2.05) is 18.2 Å². The zero-order valence-corrected chi connectivity index (χ0v) is 13.2. The van der Waals surface area contributed by atoms with Crippen LogP contribution in [0, 0.1) is 0 Å². The number of rotatable bonds is 3. The molecule has 1 aromatic heterocycles. The third kappa shape index (κ3) is 3.05. The van der Waals surface area contributed by atoms with Crippen molar-refractivity contribution in [2.75, 3.05) is 0 Å². The first kappa shape index (κ1) is 14.4. The fraction of sp³-hybridized carbons (Fsp3) is 0.133. The van der Waals surface area contributed by atoms with Gasteiger partial charge in [-0.15, -0.1) is 0 Å². The molecule has 1 atom stereocenters. The number of halogens is 2. The summed E-state index contributed by atoms with van der Waals surface area (Å²) in [6.07, 6.45) is -0.250. The van der Waals surface area contributed by atoms with Crippen molar-refractivity contribution in [1.29, 1.82) is 0 Å². The van der Waals surface area contributed by atoms with Gasteiger partial charge in [0.05, 0.1) is 17.1 Å². The van der Waals surface area contributed by atoms with Crippen LogP contribution in [0.4, 0.5) is 0 Å². The molecule has 0 saturated carbocycles. The van der Waals surface area contributed by atoms with Gasteiger partial charge in [-0.25, -0.2) is 4.79 Å². The Morgan fingerprint density at radius 1 is 1.19 bits per heavy atom. The smallest absolute Gasteiger partial charge is 0.323 e. The van der Waals surface area contributed by atoms with E-state index in [0.29, 0.717) is 22.5 Å². The van der Waals surface area contributed by atoms with Crippen molar-refractivity contribution in [3.63, 3.8) is 0 Å². The van der Waals surface area contributed by atoms with Crippen molar-refractivity contribution < 1.29 is 5.11 Å². The highest BCUT2D eigenvalue weighted by Crippen LogP contribution is 2.29. The average Bonchev–Trinajstić information content (AvgIpc) is 2.76. The summed E-state index contributed by atoms with van der Waals surface area (Å²) in [6, 6.07) is 10.9. The second kappa shape index (κ2) is 5.67. The quantitative estimate of drug-likeness (QED) is 0.662. The number of H-pyrrole nitrogens is 2. The van der Waals surface area contributed by atoms with Crippen molar-refractivity contribution in [3.05, 3.63) is 67.5 Å². The lowest BCUT2D eigenvalue weighted by Crippen LogP contribution is -2.03. The summed E-state index contributed by atoms with van der Waals surface area (Å²) in [5.74, 6) is 0. The number of benzene rings is 2. The fourth-order valence-electron chi connectivity index (χ4n) is 2.33. The standard InChI is InChI=1S/C15H12BrClN2O2/c16-11-7-13-12(18-15(21)19-13)6-10(11)14(20)5-8-2-1-3-9(17)4-8/h1-4,6-7,14,20H,5H2,(H2,18,19,21). The first-order chi connectivity index (χ1) is 10.0. The molecule has 0 bridgehead atoms. The number of hydrogen-bond acceptors (Lipinski definition) is 2. The predicted molar refractivity (Wildman–Crippen MR) is 86.7 cm³/mol. The molecule has 2 aromatic carbocycles. The van der Waals surface area contributed by atoms with Crippen LogP contribution in [0.3, 0.4) is 0 Å². The molecular weight excluding hydrogens is 356 g/mol. The van der Waals surface area contributed by atoms with Crippen LogP contribution in [-0.4, -0.2) is 15.1 Å². The molecule has 0 aliphatic heterocycles. The second-order valence-corrected chi connectivity index (χ2v) is 6.14. The molecule has 1 unspecified atom stereocenters. The second-order valence-electron chi connectivity index (χ2n) is 4.85. The number of aliphatic hydroxyl groups excluding tert-OH is 1. The maximum Gasteiger partial charge on any atom is 0.323 e. The molecule has 6 heteroatoms. The number of aromatic nitrogens is 2. The number of fused-ring (bicyclic) bond motifs is 1. The molecule has 21 heavy (non-hydrogen) atoms. The van der Waals surface area contributed by atoms with Crippen LogP contribution in [0.25, 0.3) is 11.0 Å². The van der Waals surface area contributed by atoms with Gasteiger partial charge in [0.2, 0.25) is 0 Å². The van der Waals surface area contributed by atoms with Gasteiger partial charge in [0, 0.05) is 15.9 Å². The first-order valence-electron chi connectivity index (χ1n) is 6.37. The lowest BCUT2D eigenvalue weighted by atomic mass is 10.0. The van der Waals surface area contributed by atoms with E-state index in [1.54, 1.807) is 18.2 Å². The summed E-state index contributed by atoms with van der Waals surface area (Å²) >= 11 is 9.38. The van der Waals surface area contributed by atoms with Gasteiger partial charge in [-0.3, -0.25) is 0 Å². The summed E-state index contributed by atoms with van der Waals surface area (Å²) in [4.78, 5) is 16.7. The Kier molecular flexibility index (Phi) is 3.89. The third-order valence-electron chi connectivity index (χ3n) is 3.31. The first-order valence-corrected chi connectivity index (χ1v) is 7.54. The molecule has 0 aliphatic carbocycles. The Balaban J connectivity index is 1.95. The molecule has 3 aromatic rings. The Bertz CT molecular complexity index is 856. The zero-order chi connectivity index (χ0) is 15.0. The summed E-state index contributed by atoms with van der Waals surface area (Å²) < 4.78 is 0.750. The van der Waals surface area contributed by atoms with Crippen LogP contribution in [0.2, 0.25) is 5.02 Å². The molecule has 3 rings (SSSR count). The molecule has 0 radical (unpaired) electrons. The monoisotopic (exact) mass is 366 g/mol. The third-order valence-corrected chi connectivity index (χ3v) is 4.23. The largest absolute Gasteiger partial charge is 0.388 e. The van der Waals surface area contributed by atoms with E-state index < -0.39 is 6.10 Å². The normalized spacial score (nSPS) is 12.7. The highest BCUT2D eigenvalue weighted by Gasteiger charge is 2.14. The number of aliphatic hydroxyl groups is 1. The molecule has 0 spiro atoms. The Hall–Kier alpha value is -1.56. The van der Waals surface area contributed by atoms with Crippen LogP contribution in [0.5, 0.6) is 0 Å². The highest BCUT2D eigenvalue weighted by atomic mass is 79.9. The number of imidazole rings is 1. The molecule has 1 heterocycles. The topological polar surface area (TPSA) is 68.9 Å². The Morgan fingerprint density at radius 3 is 2.62 bits per heavy atom. The van der Waals surface area contributed by atoms with Gasteiger partial charge in [-0.05, 0) is 35.4 Å². The number of nitrogens with one attached hydrogen (secondary N) is 2. The molecule has 0 aliphatic rings. The minimum Gasteiger partial charge on any atom is -0.388 e. The fourth-order valence-corrected chi connectivity index (χ4v) is 3.15. The molecule has 3 N–H and O–H groups in total. The van der Waals surface area contributed by atoms with E-state index in [1.165, 1.54) is 0 Å². The zero-order valence-electron chi connectivity index (χ0n) is 10.9. The van der Waals surface area contributed by atoms with Gasteiger partial charge in [-0.1, -0.05) is 39.7 Å². The van der Waals surface area contributed by atoms with E-state index in [2.05, 4.69) is 25.9 Å². The summed E-state index contributed by atoms with van der Waals surface area (Å²) in [6.45, 7) is 0. The summed E-state index contributed by atoms with van der Waals surface area (Å²) in [7, 11) is 0. The van der Waals surface area contributed by atoms with Gasteiger partial charge >= 0.3 is 5.69 Å². The maximum absolute atomic E-state index is 11.3. The van der Waals surface area contributed by atoms with Crippen molar-refractivity contribution in [2.24, 2.45) is 0 Å². The minimum atomic E-state index is -0.694. The molecule has 0 fully saturated rings. The number of hydrogen-bond donors (Lipinski definition) is 3. The van der Waals surface area contributed by atoms with Gasteiger partial charge in [0.25, 0.3) is 0 Å². The van der Waals surface area contributed by atoms with E-state index in [4.69, 9.17) is 11.6 Å². The Labute approximate surface area is 133 Å². The summed E-state index contributed by atoms with van der Waals surface area (Å²) in [5, 5.41) is 11.1. The van der Waals surface area contributed by atoms with Crippen molar-refractivity contribution in [3.8, 4) is 0 Å². The molecule has 4 nitrogen and oxygen atoms in total. The molecule has 0 saturated heterocycles. The average molecular weight is 368 g/mol. The van der Waals surface area contributed by atoms with Crippen LogP contribution in [-0.2, 0) is 6.42 Å². The molecule has 108 valence electrons. The molecule has 0 amide bonds. The minimum absolute atomic E-state index is 0.265. The van der Waals surface area contributed by atoms with Crippen LogP contribution >= 0.6 is 27.5 Å². The van der Waals surface area contributed by atoms with Gasteiger partial charge in [0.1, 0.15) is 0 Å². The predicted octanol–water partition coefficient (Wildman–Crippen LogP) is 3.55. The number of aromatic amines is 2. The van der Waals surface area contributed by atoms with Gasteiger partial charge in [0.15, 0.2) is 0 Å². The maximum atomic E-state index is 11.3. The van der Waals surface area contributed by atoms with E-state index in [0.717, 1.165) is 15.6 Å². The van der Waals surface area contributed by atoms with Crippen molar-refractivity contribution in [2.45, 2.75) is 12.5 Å². The van der Waals surface area contributed by atoms with Crippen LogP contribution < -0.4 is 5.69 Å². The van der Waals surface area contributed by atoms with E-state index in [-0.39, 0.29) is 5.69 Å². The molecular formula is C15H12BrClN2O2. The van der Waals surface area contributed by atoms with Crippen LogP contribution in [0.1, 0.15) is 17.2 Å².